The van der Waals surface area contributed by atoms with Crippen molar-refractivity contribution in [1.82, 2.24) is 30.2 Å². The van der Waals surface area contributed by atoms with Gasteiger partial charge in [-0.15, -0.1) is 5.10 Å². The van der Waals surface area contributed by atoms with Gasteiger partial charge in [-0.2, -0.15) is 10.1 Å². The van der Waals surface area contributed by atoms with Crippen LogP contribution in [0.15, 0.2) is 35.4 Å². The van der Waals surface area contributed by atoms with Gasteiger partial charge in [0, 0.05) is 13.0 Å². The first-order valence-electron chi connectivity index (χ1n) is 7.72. The summed E-state index contributed by atoms with van der Waals surface area (Å²) in [4.78, 5) is 27.7. The highest BCUT2D eigenvalue weighted by atomic mass is 16.1. The number of H-pyrrole nitrogens is 1. The summed E-state index contributed by atoms with van der Waals surface area (Å²) < 4.78 is 1.37. The van der Waals surface area contributed by atoms with E-state index in [9.17, 15) is 9.59 Å². The molecule has 2 aromatic heterocycles. The van der Waals surface area contributed by atoms with Crippen molar-refractivity contribution >= 4 is 22.8 Å². The number of unbranched alkanes of at least 4 members (excludes halogenated alkanes) is 2. The molecule has 0 saturated carbocycles. The number of carbonyl (C=O) groups is 1. The molecule has 3 aromatic rings. The summed E-state index contributed by atoms with van der Waals surface area (Å²) in [6, 6.07) is 7.14. The number of amides is 1. The minimum Gasteiger partial charge on any atom is -0.295 e. The lowest BCUT2D eigenvalue weighted by molar-refractivity contribution is -0.116. The van der Waals surface area contributed by atoms with Gasteiger partial charge in [0.25, 0.3) is 5.56 Å². The second-order valence-corrected chi connectivity index (χ2v) is 5.33. The molecule has 0 aliphatic rings. The SMILES string of the molecule is O=C(CCCCCn1nnc2ccccc2c1=O)Nc1ncn[nH]1. The third-order valence-corrected chi connectivity index (χ3v) is 3.58. The summed E-state index contributed by atoms with van der Waals surface area (Å²) in [6.45, 7) is 0.486. The predicted molar refractivity (Wildman–Crippen MR) is 87.3 cm³/mol. The number of aryl methyl sites for hydroxylation is 1. The molecule has 1 amide bonds. The third-order valence-electron chi connectivity index (χ3n) is 3.58. The van der Waals surface area contributed by atoms with E-state index in [1.54, 1.807) is 12.1 Å². The van der Waals surface area contributed by atoms with Gasteiger partial charge in [0.2, 0.25) is 11.9 Å². The highest BCUT2D eigenvalue weighted by Gasteiger charge is 2.06. The number of aromatic amines is 1. The second-order valence-electron chi connectivity index (χ2n) is 5.33. The molecule has 0 atom stereocenters. The van der Waals surface area contributed by atoms with Gasteiger partial charge >= 0.3 is 0 Å². The zero-order valence-electron chi connectivity index (χ0n) is 13.0. The zero-order valence-corrected chi connectivity index (χ0v) is 13.0. The minimum absolute atomic E-state index is 0.116. The number of nitrogens with one attached hydrogen (secondary N) is 2. The average Bonchev–Trinajstić information content (AvgIpc) is 3.09. The summed E-state index contributed by atoms with van der Waals surface area (Å²) in [7, 11) is 0. The number of hydrogen-bond acceptors (Lipinski definition) is 6. The molecule has 0 aliphatic carbocycles. The van der Waals surface area contributed by atoms with Gasteiger partial charge in [-0.3, -0.25) is 14.9 Å². The molecule has 0 saturated heterocycles. The van der Waals surface area contributed by atoms with Gasteiger partial charge in [-0.1, -0.05) is 23.8 Å². The molecular weight excluding hydrogens is 310 g/mol. The van der Waals surface area contributed by atoms with Crippen molar-refractivity contribution in [3.63, 3.8) is 0 Å². The van der Waals surface area contributed by atoms with Crippen LogP contribution in [0.3, 0.4) is 0 Å². The van der Waals surface area contributed by atoms with E-state index in [1.165, 1.54) is 11.0 Å². The number of rotatable bonds is 7. The Balaban J connectivity index is 1.44. The maximum absolute atomic E-state index is 12.3. The molecule has 0 unspecified atom stereocenters. The second kappa shape index (κ2) is 7.44. The van der Waals surface area contributed by atoms with Crippen LogP contribution in [0.1, 0.15) is 25.7 Å². The van der Waals surface area contributed by atoms with E-state index in [0.717, 1.165) is 19.3 Å². The van der Waals surface area contributed by atoms with Crippen molar-refractivity contribution in [2.75, 3.05) is 5.32 Å². The normalized spacial score (nSPS) is 10.8. The number of nitrogens with zero attached hydrogens (tertiary/aromatic N) is 5. The van der Waals surface area contributed by atoms with E-state index in [4.69, 9.17) is 0 Å². The molecule has 9 heteroatoms. The van der Waals surface area contributed by atoms with Crippen LogP contribution in [0.4, 0.5) is 5.95 Å². The van der Waals surface area contributed by atoms with E-state index in [1.807, 2.05) is 12.1 Å². The molecule has 0 fully saturated rings. The summed E-state index contributed by atoms with van der Waals surface area (Å²) in [6.07, 6.45) is 4.00. The van der Waals surface area contributed by atoms with Crippen LogP contribution in [0.25, 0.3) is 10.9 Å². The van der Waals surface area contributed by atoms with E-state index in [-0.39, 0.29) is 11.5 Å². The first-order valence-corrected chi connectivity index (χ1v) is 7.72. The molecular formula is C15H17N7O2. The monoisotopic (exact) mass is 327 g/mol. The van der Waals surface area contributed by atoms with Crippen molar-refractivity contribution < 1.29 is 4.79 Å². The van der Waals surface area contributed by atoms with Gasteiger partial charge in [0.15, 0.2) is 0 Å². The van der Waals surface area contributed by atoms with Crippen LogP contribution in [0, 0.1) is 0 Å². The van der Waals surface area contributed by atoms with Crippen molar-refractivity contribution in [2.45, 2.75) is 32.2 Å². The summed E-state index contributed by atoms with van der Waals surface area (Å²) in [5.41, 5.74) is 0.464. The Morgan fingerprint density at radius 1 is 1.21 bits per heavy atom. The van der Waals surface area contributed by atoms with Crippen LogP contribution in [-0.4, -0.2) is 36.1 Å². The number of hydrogen-bond donors (Lipinski definition) is 2. The Kier molecular flexibility index (Phi) is 4.90. The van der Waals surface area contributed by atoms with Gasteiger partial charge in [-0.05, 0) is 25.0 Å². The molecule has 3 rings (SSSR count). The summed E-state index contributed by atoms with van der Waals surface area (Å²) >= 11 is 0. The molecule has 0 radical (unpaired) electrons. The summed E-state index contributed by atoms with van der Waals surface area (Å²) in [5.74, 6) is 0.229. The fourth-order valence-corrected chi connectivity index (χ4v) is 2.35. The first-order chi connectivity index (χ1) is 11.7. The number of aromatic nitrogens is 6. The molecule has 2 heterocycles. The number of anilines is 1. The quantitative estimate of drug-likeness (QED) is 0.627. The molecule has 24 heavy (non-hydrogen) atoms. The molecule has 124 valence electrons. The lowest BCUT2D eigenvalue weighted by Crippen LogP contribution is -2.24. The maximum atomic E-state index is 12.3. The molecule has 0 bridgehead atoms. The minimum atomic E-state index is -0.135. The van der Waals surface area contributed by atoms with E-state index < -0.39 is 0 Å². The first kappa shape index (κ1) is 15.8. The lowest BCUT2D eigenvalue weighted by Gasteiger charge is -2.05. The van der Waals surface area contributed by atoms with E-state index >= 15 is 0 Å². The third kappa shape index (κ3) is 3.80. The van der Waals surface area contributed by atoms with E-state index in [2.05, 4.69) is 30.8 Å². The van der Waals surface area contributed by atoms with Gasteiger partial charge in [0.05, 0.1) is 5.39 Å². The van der Waals surface area contributed by atoms with Gasteiger partial charge in [-0.25, -0.2) is 9.78 Å². The van der Waals surface area contributed by atoms with Crippen molar-refractivity contribution in [3.05, 3.63) is 40.9 Å². The average molecular weight is 327 g/mol. The number of carbonyl (C=O) groups excluding carboxylic acids is 1. The fourth-order valence-electron chi connectivity index (χ4n) is 2.35. The zero-order chi connectivity index (χ0) is 16.8. The summed E-state index contributed by atoms with van der Waals surface area (Å²) in [5, 5.41) is 17.4. The Morgan fingerprint density at radius 3 is 2.92 bits per heavy atom. The topological polar surface area (TPSA) is 118 Å². The van der Waals surface area contributed by atoms with Crippen LogP contribution in [0.5, 0.6) is 0 Å². The van der Waals surface area contributed by atoms with Crippen molar-refractivity contribution in [2.24, 2.45) is 0 Å². The smallest absolute Gasteiger partial charge is 0.277 e. The van der Waals surface area contributed by atoms with Crippen LogP contribution >= 0.6 is 0 Å². The van der Waals surface area contributed by atoms with Gasteiger partial charge < -0.3 is 0 Å². The van der Waals surface area contributed by atoms with Crippen LogP contribution < -0.4 is 10.9 Å². The fraction of sp³-hybridized carbons (Fsp3) is 0.333. The number of benzene rings is 1. The highest BCUT2D eigenvalue weighted by Crippen LogP contribution is 2.06. The molecule has 0 spiro atoms. The standard InChI is InChI=1S/C15H17N7O2/c23-13(18-15-16-10-17-20-15)8-2-1-5-9-22-14(24)11-6-3-4-7-12(11)19-21-22/h3-4,6-7,10H,1-2,5,8-9H2,(H2,16,17,18,20,23). The Labute approximate surface area is 137 Å². The van der Waals surface area contributed by atoms with Crippen molar-refractivity contribution in [3.8, 4) is 0 Å². The van der Waals surface area contributed by atoms with Crippen LogP contribution in [0.2, 0.25) is 0 Å². The molecule has 1 aromatic carbocycles. The van der Waals surface area contributed by atoms with Gasteiger partial charge in [0.1, 0.15) is 11.8 Å². The highest BCUT2D eigenvalue weighted by molar-refractivity contribution is 5.88. The van der Waals surface area contributed by atoms with Crippen LogP contribution in [-0.2, 0) is 11.3 Å². The lowest BCUT2D eigenvalue weighted by atomic mass is 10.2. The van der Waals surface area contributed by atoms with E-state index in [0.29, 0.717) is 29.8 Å². The Bertz CT molecular complexity index is 873. The molecule has 9 nitrogen and oxygen atoms in total. The molecule has 0 aliphatic heterocycles. The molecule has 2 N–H and O–H groups in total. The largest absolute Gasteiger partial charge is 0.295 e. The number of fused-ring (bicyclic) bond motifs is 1. The Hall–Kier alpha value is -3.10. The predicted octanol–water partition coefficient (Wildman–Crippen LogP) is 1.11. The Morgan fingerprint density at radius 2 is 2.08 bits per heavy atom. The maximum Gasteiger partial charge on any atom is 0.277 e. The van der Waals surface area contributed by atoms with Crippen molar-refractivity contribution in [1.29, 1.82) is 0 Å².